The first kappa shape index (κ1) is 19.5. The van der Waals surface area contributed by atoms with E-state index in [-0.39, 0.29) is 18.2 Å². The van der Waals surface area contributed by atoms with Crippen molar-refractivity contribution in [2.45, 2.75) is 31.4 Å². The van der Waals surface area contributed by atoms with E-state index < -0.39 is 6.10 Å². The molecule has 1 fully saturated rings. The summed E-state index contributed by atoms with van der Waals surface area (Å²) in [6.07, 6.45) is 2.18. The molecule has 2 aromatic carbocycles. The number of rotatable bonds is 7. The number of phenols is 1. The normalized spacial score (nSPS) is 18.2. The summed E-state index contributed by atoms with van der Waals surface area (Å²) in [6, 6.07) is 14.7. The lowest BCUT2D eigenvalue weighted by Gasteiger charge is -2.27. The molecule has 5 nitrogen and oxygen atoms in total. The predicted molar refractivity (Wildman–Crippen MR) is 104 cm³/mol. The third kappa shape index (κ3) is 4.92. The topological polar surface area (TPSA) is 76.7 Å². The maximum absolute atomic E-state index is 10.4. The molecular formula is C21H23ClN2O3. The lowest BCUT2D eigenvalue weighted by atomic mass is 10.0. The van der Waals surface area contributed by atoms with Crippen LogP contribution in [0.2, 0.25) is 5.02 Å². The molecule has 1 heterocycles. The van der Waals surface area contributed by atoms with E-state index in [0.29, 0.717) is 23.1 Å². The minimum atomic E-state index is -0.680. The van der Waals surface area contributed by atoms with Gasteiger partial charge < -0.3 is 14.9 Å². The van der Waals surface area contributed by atoms with Gasteiger partial charge in [0, 0.05) is 12.6 Å². The van der Waals surface area contributed by atoms with Crippen molar-refractivity contribution in [3.8, 4) is 17.6 Å². The van der Waals surface area contributed by atoms with Gasteiger partial charge in [-0.25, -0.2) is 0 Å². The number of aromatic hydroxyl groups is 1. The quantitative estimate of drug-likeness (QED) is 0.763. The van der Waals surface area contributed by atoms with Crippen LogP contribution in [-0.4, -0.2) is 47.0 Å². The summed E-state index contributed by atoms with van der Waals surface area (Å²) in [5.74, 6) is 0.703. The zero-order chi connectivity index (χ0) is 19.2. The van der Waals surface area contributed by atoms with Gasteiger partial charge in [0.15, 0.2) is 0 Å². The fraction of sp³-hybridized carbons (Fsp3) is 0.381. The van der Waals surface area contributed by atoms with Gasteiger partial charge in [0.2, 0.25) is 0 Å². The highest BCUT2D eigenvalue weighted by Gasteiger charge is 2.27. The summed E-state index contributed by atoms with van der Waals surface area (Å²) in [5, 5.41) is 29.9. The second kappa shape index (κ2) is 9.09. The molecule has 1 aliphatic heterocycles. The zero-order valence-corrected chi connectivity index (χ0v) is 15.8. The fourth-order valence-electron chi connectivity index (χ4n) is 3.55. The van der Waals surface area contributed by atoms with Crippen molar-refractivity contribution in [1.29, 1.82) is 5.26 Å². The number of hydrogen-bond acceptors (Lipinski definition) is 5. The highest BCUT2D eigenvalue weighted by Crippen LogP contribution is 2.27. The molecule has 0 saturated carbocycles. The van der Waals surface area contributed by atoms with Gasteiger partial charge in [-0.05, 0) is 49.6 Å². The van der Waals surface area contributed by atoms with Crippen molar-refractivity contribution in [1.82, 2.24) is 4.90 Å². The van der Waals surface area contributed by atoms with Crippen LogP contribution in [-0.2, 0) is 6.42 Å². The van der Waals surface area contributed by atoms with Crippen LogP contribution >= 0.6 is 11.6 Å². The standard InChI is InChI=1S/C21H23ClN2O3/c22-19-7-3-9-21(18(19)12-23)27-14-17(25)13-24-10-4-6-16(24)11-15-5-1-2-8-20(15)26/h1-3,5,7-9,16-17,25-26H,4,6,10-11,13-14H2. The molecule has 0 bridgehead atoms. The monoisotopic (exact) mass is 386 g/mol. The Bertz CT molecular complexity index is 821. The molecule has 2 aromatic rings. The summed E-state index contributed by atoms with van der Waals surface area (Å²) < 4.78 is 5.63. The van der Waals surface area contributed by atoms with Gasteiger partial charge in [0.05, 0.1) is 5.02 Å². The third-order valence-electron chi connectivity index (χ3n) is 4.91. The van der Waals surface area contributed by atoms with Crippen LogP contribution in [0.5, 0.6) is 11.5 Å². The fourth-order valence-corrected chi connectivity index (χ4v) is 3.75. The zero-order valence-electron chi connectivity index (χ0n) is 15.0. The van der Waals surface area contributed by atoms with Gasteiger partial charge in [-0.1, -0.05) is 35.9 Å². The first-order valence-corrected chi connectivity index (χ1v) is 9.46. The number of phenolic OH excluding ortho intramolecular Hbond substituents is 1. The van der Waals surface area contributed by atoms with Crippen LogP contribution in [0.4, 0.5) is 0 Å². The van der Waals surface area contributed by atoms with E-state index in [9.17, 15) is 15.5 Å². The largest absolute Gasteiger partial charge is 0.508 e. The Morgan fingerprint density at radius 2 is 2.07 bits per heavy atom. The molecule has 0 amide bonds. The maximum Gasteiger partial charge on any atom is 0.138 e. The molecule has 3 rings (SSSR count). The molecule has 142 valence electrons. The Morgan fingerprint density at radius 1 is 1.26 bits per heavy atom. The number of benzene rings is 2. The summed E-state index contributed by atoms with van der Waals surface area (Å²) in [5.41, 5.74) is 1.21. The highest BCUT2D eigenvalue weighted by atomic mass is 35.5. The summed E-state index contributed by atoms with van der Waals surface area (Å²) in [6.45, 7) is 1.49. The molecule has 6 heteroatoms. The average molecular weight is 387 g/mol. The molecule has 2 N–H and O–H groups in total. The maximum atomic E-state index is 10.4. The molecule has 0 radical (unpaired) electrons. The predicted octanol–water partition coefficient (Wildman–Crippen LogP) is 3.36. The number of likely N-dealkylation sites (tertiary alicyclic amines) is 1. The number of hydrogen-bond donors (Lipinski definition) is 2. The number of aliphatic hydroxyl groups excluding tert-OH is 1. The molecule has 2 unspecified atom stereocenters. The smallest absolute Gasteiger partial charge is 0.138 e. The molecule has 27 heavy (non-hydrogen) atoms. The number of para-hydroxylation sites is 1. The van der Waals surface area contributed by atoms with E-state index in [1.165, 1.54) is 0 Å². The van der Waals surface area contributed by atoms with Crippen molar-refractivity contribution in [2.75, 3.05) is 19.7 Å². The first-order chi connectivity index (χ1) is 13.1. The second-order valence-corrected chi connectivity index (χ2v) is 7.22. The van der Waals surface area contributed by atoms with Gasteiger partial charge in [0.25, 0.3) is 0 Å². The third-order valence-corrected chi connectivity index (χ3v) is 5.22. The number of β-amino-alcohol motifs (C(OH)–C–C–N with tert-alkyl or cyclic N) is 1. The number of aliphatic hydroxyl groups is 1. The van der Waals surface area contributed by atoms with E-state index in [4.69, 9.17) is 16.3 Å². The number of ether oxygens (including phenoxy) is 1. The summed E-state index contributed by atoms with van der Waals surface area (Å²) in [4.78, 5) is 2.24. The molecule has 0 aromatic heterocycles. The Labute approximate surface area is 164 Å². The molecule has 0 spiro atoms. The van der Waals surface area contributed by atoms with Crippen LogP contribution in [0.3, 0.4) is 0 Å². The van der Waals surface area contributed by atoms with Crippen LogP contribution in [0.1, 0.15) is 24.0 Å². The van der Waals surface area contributed by atoms with Gasteiger partial charge in [-0.15, -0.1) is 0 Å². The van der Waals surface area contributed by atoms with Crippen LogP contribution in [0, 0.1) is 11.3 Å². The van der Waals surface area contributed by atoms with Crippen molar-refractivity contribution in [3.05, 3.63) is 58.6 Å². The lowest BCUT2D eigenvalue weighted by Crippen LogP contribution is -2.39. The minimum Gasteiger partial charge on any atom is -0.508 e. The van der Waals surface area contributed by atoms with Crippen molar-refractivity contribution in [2.24, 2.45) is 0 Å². The second-order valence-electron chi connectivity index (χ2n) is 6.81. The molecule has 2 atom stereocenters. The van der Waals surface area contributed by atoms with E-state index in [1.54, 1.807) is 24.3 Å². The first-order valence-electron chi connectivity index (χ1n) is 9.09. The number of nitrogens with zero attached hydrogens (tertiary/aromatic N) is 2. The van der Waals surface area contributed by atoms with E-state index in [1.807, 2.05) is 24.3 Å². The van der Waals surface area contributed by atoms with Crippen molar-refractivity contribution >= 4 is 11.6 Å². The molecular weight excluding hydrogens is 364 g/mol. The van der Waals surface area contributed by atoms with Crippen LogP contribution in [0.15, 0.2) is 42.5 Å². The minimum absolute atomic E-state index is 0.0921. The number of nitriles is 1. The van der Waals surface area contributed by atoms with Gasteiger partial charge in [0.1, 0.15) is 35.8 Å². The summed E-state index contributed by atoms with van der Waals surface area (Å²) in [7, 11) is 0. The average Bonchev–Trinajstić information content (AvgIpc) is 3.08. The van der Waals surface area contributed by atoms with Crippen LogP contribution in [0.25, 0.3) is 0 Å². The van der Waals surface area contributed by atoms with Gasteiger partial charge in [-0.2, -0.15) is 5.26 Å². The Kier molecular flexibility index (Phi) is 6.57. The Morgan fingerprint density at radius 3 is 2.85 bits per heavy atom. The van der Waals surface area contributed by atoms with Gasteiger partial charge in [-0.3, -0.25) is 4.90 Å². The van der Waals surface area contributed by atoms with Crippen molar-refractivity contribution in [3.63, 3.8) is 0 Å². The molecule has 0 aliphatic carbocycles. The molecule has 1 aliphatic rings. The Hall–Kier alpha value is -2.26. The summed E-state index contributed by atoms with van der Waals surface area (Å²) >= 11 is 6.00. The number of halogens is 1. The van der Waals surface area contributed by atoms with Crippen molar-refractivity contribution < 1.29 is 14.9 Å². The van der Waals surface area contributed by atoms with Crippen LogP contribution < -0.4 is 4.74 Å². The van der Waals surface area contributed by atoms with E-state index in [0.717, 1.165) is 31.4 Å². The highest BCUT2D eigenvalue weighted by molar-refractivity contribution is 6.31. The van der Waals surface area contributed by atoms with Gasteiger partial charge >= 0.3 is 0 Å². The lowest BCUT2D eigenvalue weighted by molar-refractivity contribution is 0.0638. The van der Waals surface area contributed by atoms with E-state index >= 15 is 0 Å². The SMILES string of the molecule is N#Cc1c(Cl)cccc1OCC(O)CN1CCCC1Cc1ccccc1O. The molecule has 1 saturated heterocycles. The Balaban J connectivity index is 1.56. The van der Waals surface area contributed by atoms with E-state index in [2.05, 4.69) is 4.90 Å².